The van der Waals surface area contributed by atoms with Gasteiger partial charge in [0.2, 0.25) is 37.4 Å². The van der Waals surface area contributed by atoms with Gasteiger partial charge in [0.25, 0.3) is 0 Å². The lowest BCUT2D eigenvalue weighted by molar-refractivity contribution is -0.129. The average molecular weight is 1400 g/mol. The number of anilines is 2. The van der Waals surface area contributed by atoms with Crippen molar-refractivity contribution in [2.75, 3.05) is 49.3 Å². The lowest BCUT2D eigenvalue weighted by Crippen LogP contribution is -2.46. The Morgan fingerprint density at radius 2 is 0.968 bits per heavy atom. The van der Waals surface area contributed by atoms with Crippen molar-refractivity contribution in [3.63, 3.8) is 0 Å². The van der Waals surface area contributed by atoms with E-state index in [1.807, 2.05) is 0 Å². The van der Waals surface area contributed by atoms with Crippen molar-refractivity contribution in [3.8, 4) is 22.3 Å². The molecule has 0 radical (unpaired) electrons. The van der Waals surface area contributed by atoms with Crippen LogP contribution in [0.4, 0.5) is 32.3 Å². The number of nitrogens with one attached hydrogen (secondary N) is 9. The van der Waals surface area contributed by atoms with E-state index in [0.29, 0.717) is 145 Å². The Bertz CT molecular complexity index is 4070. The Kier molecular flexibility index (Phi) is 27.7. The van der Waals surface area contributed by atoms with Gasteiger partial charge < -0.3 is 71.6 Å². The molecule has 2 aromatic heterocycles. The molecule has 32 heteroatoms. The van der Waals surface area contributed by atoms with E-state index in [1.54, 1.807) is 81.8 Å². The SMILES string of the molecule is CCNC(=O)C(CCCCNC(=O)CCCCCNC(=O)Nc1cc(N=C(N)N)cc(C)c1-c1cccc(S(=O)(=O)c2cc(C(=N)N)sc2SC)c1)NC(=O)CCCCCNC(=O)Nc1cc(N=C(N)N)cc(C)c1-c1cccc(S(=O)(=O)c2cc(C(=N)N)sc2SC)c1. The van der Waals surface area contributed by atoms with Gasteiger partial charge in [0.05, 0.1) is 60.5 Å². The molecule has 6 rings (SSSR count). The molecule has 0 saturated heterocycles. The van der Waals surface area contributed by atoms with Crippen molar-refractivity contribution >= 4 is 142 Å². The van der Waals surface area contributed by atoms with Gasteiger partial charge >= 0.3 is 12.1 Å². The van der Waals surface area contributed by atoms with Gasteiger partial charge in [-0.3, -0.25) is 25.2 Å². The van der Waals surface area contributed by atoms with Crippen LogP contribution in [0.2, 0.25) is 0 Å². The van der Waals surface area contributed by atoms with E-state index in [9.17, 15) is 40.8 Å². The predicted molar refractivity (Wildman–Crippen MR) is 378 cm³/mol. The number of aliphatic imine (C=N–C) groups is 2. The van der Waals surface area contributed by atoms with E-state index >= 15 is 0 Å². The molecular weight excluding hydrogens is 1320 g/mol. The van der Waals surface area contributed by atoms with Crippen molar-refractivity contribution < 1.29 is 40.8 Å². The van der Waals surface area contributed by atoms with Gasteiger partial charge in [0, 0.05) is 50.1 Å². The number of thioether (sulfide) groups is 2. The number of nitrogens with two attached hydrogens (primary N) is 6. The molecule has 0 saturated carbocycles. The first-order chi connectivity index (χ1) is 44.7. The lowest BCUT2D eigenvalue weighted by Gasteiger charge is -2.18. The Hall–Kier alpha value is -8.69. The van der Waals surface area contributed by atoms with Gasteiger partial charge in [-0.1, -0.05) is 37.1 Å². The molecule has 4 aromatic carbocycles. The number of nitrogen functional groups attached to an aromatic ring is 2. The van der Waals surface area contributed by atoms with Gasteiger partial charge in [-0.2, -0.15) is 0 Å². The number of amidine groups is 2. The first-order valence-corrected chi connectivity index (χ1v) is 36.9. The van der Waals surface area contributed by atoms with Crippen molar-refractivity contribution in [2.45, 2.75) is 125 Å². The van der Waals surface area contributed by atoms with Gasteiger partial charge in [0.15, 0.2) is 11.9 Å². The number of carbonyl (C=O) groups excluding carboxylic acids is 5. The molecule has 504 valence electrons. The largest absolute Gasteiger partial charge is 0.383 e. The van der Waals surface area contributed by atoms with Gasteiger partial charge in [-0.15, -0.1) is 46.2 Å². The third kappa shape index (κ3) is 20.9. The number of hydrogen-bond acceptors (Lipinski definition) is 17. The van der Waals surface area contributed by atoms with Crippen LogP contribution in [-0.2, 0) is 34.1 Å². The zero-order valence-corrected chi connectivity index (χ0v) is 57.6. The lowest BCUT2D eigenvalue weighted by atomic mass is 9.97. The Morgan fingerprint density at radius 3 is 1.38 bits per heavy atom. The highest BCUT2D eigenvalue weighted by atomic mass is 32.2. The summed E-state index contributed by atoms with van der Waals surface area (Å²) in [5.41, 5.74) is 38.8. The van der Waals surface area contributed by atoms with Crippen LogP contribution < -0.4 is 71.6 Å². The third-order valence-corrected chi connectivity index (χ3v) is 23.0. The minimum atomic E-state index is -4.06. The number of guanidine groups is 2. The highest BCUT2D eigenvalue weighted by Crippen LogP contribution is 2.42. The second kappa shape index (κ2) is 35.0. The third-order valence-electron chi connectivity index (χ3n) is 14.3. The number of nitrogens with zero attached hydrogens (tertiary/aromatic N) is 2. The van der Waals surface area contributed by atoms with Crippen molar-refractivity contribution in [1.29, 1.82) is 10.8 Å². The summed E-state index contributed by atoms with van der Waals surface area (Å²) in [6, 6.07) is 20.1. The summed E-state index contributed by atoms with van der Waals surface area (Å²) in [6.45, 7) is 6.63. The van der Waals surface area contributed by atoms with Crippen LogP contribution in [-0.4, -0.2) is 115 Å². The molecule has 26 nitrogen and oxygen atoms in total. The van der Waals surface area contributed by atoms with E-state index in [4.69, 9.17) is 45.2 Å². The summed E-state index contributed by atoms with van der Waals surface area (Å²) in [5, 5.41) is 35.6. The molecule has 0 aliphatic carbocycles. The monoisotopic (exact) mass is 1400 g/mol. The number of sulfone groups is 2. The number of hydrogen-bond donors (Lipinski definition) is 15. The molecule has 1 atom stereocenters. The van der Waals surface area contributed by atoms with Crippen LogP contribution in [0.15, 0.2) is 123 Å². The molecule has 7 amide bonds. The van der Waals surface area contributed by atoms with Crippen LogP contribution in [0.1, 0.15) is 98.4 Å². The Balaban J connectivity index is 0.907. The average Bonchev–Trinajstić information content (AvgIpc) is 1.38. The molecule has 0 aliphatic rings. The quantitative estimate of drug-likeness (QED) is 0.00782. The first kappa shape index (κ1) is 74.4. The van der Waals surface area contributed by atoms with Crippen molar-refractivity contribution in [1.82, 2.24) is 26.6 Å². The molecular formula is C62H81N17O9S6. The number of aryl methyl sites for hydroxylation is 2. The van der Waals surface area contributed by atoms with Crippen LogP contribution in [0.3, 0.4) is 0 Å². The number of unbranched alkanes of at least 4 members (excludes halogenated alkanes) is 5. The summed E-state index contributed by atoms with van der Waals surface area (Å²) in [4.78, 5) is 74.6. The zero-order valence-electron chi connectivity index (χ0n) is 52.7. The van der Waals surface area contributed by atoms with Gasteiger partial charge in [-0.05, 0) is 161 Å². The summed E-state index contributed by atoms with van der Waals surface area (Å²) >= 11 is 4.72. The predicted octanol–water partition coefficient (Wildman–Crippen LogP) is 8.22. The minimum absolute atomic E-state index is 0.00225. The number of thiophene rings is 2. The van der Waals surface area contributed by atoms with Crippen LogP contribution in [0, 0.1) is 24.7 Å². The molecule has 1 unspecified atom stereocenters. The zero-order chi connectivity index (χ0) is 68.9. The molecule has 21 N–H and O–H groups in total. The molecule has 0 bridgehead atoms. The summed E-state index contributed by atoms with van der Waals surface area (Å²) in [5.74, 6) is -1.64. The molecule has 0 aliphatic heterocycles. The maximum atomic E-state index is 14.0. The second-order valence-corrected chi connectivity index (χ2v) is 29.6. The molecule has 94 heavy (non-hydrogen) atoms. The van der Waals surface area contributed by atoms with Crippen LogP contribution in [0.5, 0.6) is 0 Å². The van der Waals surface area contributed by atoms with Crippen LogP contribution in [0.25, 0.3) is 22.3 Å². The fraction of sp³-hybridized carbons (Fsp3) is 0.339. The molecule has 0 fully saturated rings. The fourth-order valence-corrected chi connectivity index (χ4v) is 17.8. The number of rotatable bonds is 34. The van der Waals surface area contributed by atoms with E-state index < -0.39 is 37.8 Å². The van der Waals surface area contributed by atoms with Crippen molar-refractivity contribution in [2.24, 2.45) is 44.4 Å². The number of likely N-dealkylation sites (N-methyl/N-ethyl adjacent to an activating group) is 1. The Morgan fingerprint density at radius 1 is 0.543 bits per heavy atom. The van der Waals surface area contributed by atoms with E-state index in [1.165, 1.54) is 59.9 Å². The molecule has 2 heterocycles. The topological polar surface area (TPSA) is 466 Å². The standard InChI is InChI=1S/C62H81N17O9S6/c1-6-71-56(82)43(77-51(81)23-10-8-13-26-74-62(84)79-45-32-40(76-60(69)70)28-36(3)53(45)38-18-16-20-42(30-38)94(87,88)49-34-47(55(65)66)92-58(49)90-5)21-11-14-24-72-50(80)22-9-7-12-25-73-61(83)78-44-31-39(75-59(67)68)27-35(2)52(44)37-17-15-19-41(29-37)93(85,86)48-33-46(54(63)64)91-57(48)89-4/h15-20,27-34,43H,6-14,21-26H2,1-5H3,(H3,63,64)(H3,65,66)(H,71,82)(H,72,80)(H,77,81)(H4,67,68,75)(H4,69,70,76)(H2,73,78,83)(H2,74,79,84). The number of amides is 7. The summed E-state index contributed by atoms with van der Waals surface area (Å²) < 4.78 is 57.0. The number of benzene rings is 4. The Labute approximate surface area is 563 Å². The maximum absolute atomic E-state index is 14.0. The number of urea groups is 2. The van der Waals surface area contributed by atoms with E-state index in [-0.39, 0.29) is 86.8 Å². The van der Waals surface area contributed by atoms with Gasteiger partial charge in [0.1, 0.15) is 17.7 Å². The van der Waals surface area contributed by atoms with Gasteiger partial charge in [-0.25, -0.2) is 36.4 Å². The highest BCUT2D eigenvalue weighted by molar-refractivity contribution is 8.02. The smallest absolute Gasteiger partial charge is 0.319 e. The van der Waals surface area contributed by atoms with Crippen LogP contribution >= 0.6 is 46.2 Å². The summed E-state index contributed by atoms with van der Waals surface area (Å²) in [6.07, 6.45) is 8.71. The first-order valence-electron chi connectivity index (χ1n) is 29.8. The number of carbonyl (C=O) groups is 5. The van der Waals surface area contributed by atoms with E-state index in [2.05, 4.69) is 47.2 Å². The normalized spacial score (nSPS) is 11.6. The minimum Gasteiger partial charge on any atom is -0.383 e. The molecule has 0 spiro atoms. The maximum Gasteiger partial charge on any atom is 0.319 e. The van der Waals surface area contributed by atoms with Crippen molar-refractivity contribution in [3.05, 3.63) is 106 Å². The fourth-order valence-electron chi connectivity index (χ4n) is 9.99. The summed E-state index contributed by atoms with van der Waals surface area (Å²) in [7, 11) is -8.12. The second-order valence-electron chi connectivity index (χ2n) is 21.5. The van der Waals surface area contributed by atoms with E-state index in [0.717, 1.165) is 22.7 Å². The highest BCUT2D eigenvalue weighted by Gasteiger charge is 2.29. The molecule has 6 aromatic rings.